The lowest BCUT2D eigenvalue weighted by Crippen LogP contribution is -2.42. The smallest absolute Gasteiger partial charge is 0.330 e. The minimum atomic E-state index is -0.668. The number of nitrogen functional groups attached to an aromatic ring is 1. The van der Waals surface area contributed by atoms with Crippen molar-refractivity contribution < 1.29 is 4.79 Å². The molecule has 2 rings (SSSR count). The monoisotopic (exact) mass is 388 g/mol. The molecule has 0 saturated carbocycles. The fourth-order valence-corrected chi connectivity index (χ4v) is 2.82. The molecule has 0 atom stereocenters. The van der Waals surface area contributed by atoms with Gasteiger partial charge in [-0.3, -0.25) is 23.8 Å². The Morgan fingerprint density at radius 3 is 2.68 bits per heavy atom. The number of nitrogens with one attached hydrogen (secondary N) is 1. The van der Waals surface area contributed by atoms with E-state index in [1.165, 1.54) is 15.5 Å². The highest BCUT2D eigenvalue weighted by Crippen LogP contribution is 2.19. The number of rotatable bonds is 8. The molecule has 0 bridgehead atoms. The summed E-state index contributed by atoms with van der Waals surface area (Å²) in [6.45, 7) is 6.52. The predicted molar refractivity (Wildman–Crippen MR) is 110 cm³/mol. The van der Waals surface area contributed by atoms with E-state index in [1.54, 1.807) is 30.2 Å². The highest BCUT2D eigenvalue weighted by Gasteiger charge is 2.23. The van der Waals surface area contributed by atoms with Crippen LogP contribution in [-0.4, -0.2) is 31.8 Å². The third-order valence-corrected chi connectivity index (χ3v) is 4.18. The van der Waals surface area contributed by atoms with Gasteiger partial charge >= 0.3 is 5.69 Å². The number of anilines is 2. The lowest BCUT2D eigenvalue weighted by atomic mass is 10.2. The van der Waals surface area contributed by atoms with Gasteiger partial charge in [-0.25, -0.2) is 4.79 Å². The van der Waals surface area contributed by atoms with E-state index >= 15 is 0 Å². The van der Waals surface area contributed by atoms with Crippen molar-refractivity contribution in [3.8, 4) is 0 Å². The van der Waals surface area contributed by atoms with Crippen molar-refractivity contribution in [2.45, 2.75) is 40.2 Å². The zero-order valence-corrected chi connectivity index (χ0v) is 16.8. The zero-order chi connectivity index (χ0) is 20.8. The number of amides is 1. The molecule has 152 valence electrons. The van der Waals surface area contributed by atoms with Gasteiger partial charge in [-0.1, -0.05) is 27.2 Å². The van der Waals surface area contributed by atoms with Crippen molar-refractivity contribution >= 4 is 23.5 Å². The van der Waals surface area contributed by atoms with E-state index in [0.717, 1.165) is 18.4 Å². The van der Waals surface area contributed by atoms with Gasteiger partial charge in [0.25, 0.3) is 11.5 Å². The number of aromatic nitrogens is 4. The van der Waals surface area contributed by atoms with E-state index < -0.39 is 17.2 Å². The maximum atomic E-state index is 12.9. The molecule has 0 aliphatic carbocycles. The van der Waals surface area contributed by atoms with Gasteiger partial charge in [0.2, 0.25) is 0 Å². The van der Waals surface area contributed by atoms with Crippen molar-refractivity contribution in [2.75, 3.05) is 17.2 Å². The molecule has 0 aromatic carbocycles. The van der Waals surface area contributed by atoms with Gasteiger partial charge in [0.15, 0.2) is 5.69 Å². The molecule has 1 amide bonds. The van der Waals surface area contributed by atoms with Crippen LogP contribution in [0.4, 0.5) is 11.5 Å². The van der Waals surface area contributed by atoms with Gasteiger partial charge < -0.3 is 10.6 Å². The molecular formula is C19H28N6O3. The maximum absolute atomic E-state index is 12.9. The van der Waals surface area contributed by atoms with Crippen LogP contribution < -0.4 is 21.9 Å². The number of aryl methyl sites for hydroxylation is 1. The zero-order valence-electron chi connectivity index (χ0n) is 16.8. The van der Waals surface area contributed by atoms with E-state index in [-0.39, 0.29) is 24.0 Å². The summed E-state index contributed by atoms with van der Waals surface area (Å²) in [5.41, 5.74) is 5.69. The summed E-state index contributed by atoms with van der Waals surface area (Å²) in [7, 11) is 1.78. The maximum Gasteiger partial charge on any atom is 0.330 e. The van der Waals surface area contributed by atoms with Crippen LogP contribution in [0.15, 0.2) is 28.1 Å². The Hall–Kier alpha value is -3.10. The second-order valence-electron chi connectivity index (χ2n) is 7.12. The van der Waals surface area contributed by atoms with Crippen LogP contribution in [0.1, 0.15) is 39.2 Å². The molecule has 2 aromatic heterocycles. The summed E-state index contributed by atoms with van der Waals surface area (Å²) >= 11 is 0. The van der Waals surface area contributed by atoms with Crippen LogP contribution in [0.5, 0.6) is 0 Å². The van der Waals surface area contributed by atoms with E-state index in [2.05, 4.69) is 10.1 Å². The van der Waals surface area contributed by atoms with Crippen molar-refractivity contribution in [2.24, 2.45) is 13.0 Å². The Kier molecular flexibility index (Phi) is 6.97. The topological polar surface area (TPSA) is 119 Å². The SMILES string of the molecule is CCCCn1c(N)c(N(CC(C)C)C(=O)/C=C/c2cnn(C)c2)c(=O)[nH]c1=O. The van der Waals surface area contributed by atoms with Crippen molar-refractivity contribution in [1.29, 1.82) is 0 Å². The van der Waals surface area contributed by atoms with Crippen LogP contribution in [0, 0.1) is 5.92 Å². The Balaban J connectivity index is 2.47. The summed E-state index contributed by atoms with van der Waals surface area (Å²) in [4.78, 5) is 41.2. The van der Waals surface area contributed by atoms with E-state index in [9.17, 15) is 14.4 Å². The third-order valence-electron chi connectivity index (χ3n) is 4.18. The highest BCUT2D eigenvalue weighted by atomic mass is 16.2. The first kappa shape index (κ1) is 21.2. The molecule has 0 radical (unpaired) electrons. The van der Waals surface area contributed by atoms with Gasteiger partial charge in [-0.05, 0) is 18.4 Å². The normalized spacial score (nSPS) is 11.5. The molecule has 2 heterocycles. The molecular weight excluding hydrogens is 360 g/mol. The molecule has 28 heavy (non-hydrogen) atoms. The molecule has 3 N–H and O–H groups in total. The number of H-pyrrole nitrogens is 1. The summed E-state index contributed by atoms with van der Waals surface area (Å²) < 4.78 is 2.94. The van der Waals surface area contributed by atoms with Gasteiger partial charge in [-0.15, -0.1) is 0 Å². The largest absolute Gasteiger partial charge is 0.383 e. The van der Waals surface area contributed by atoms with Crippen LogP contribution in [0.25, 0.3) is 6.08 Å². The van der Waals surface area contributed by atoms with E-state index in [1.807, 2.05) is 20.8 Å². The lowest BCUT2D eigenvalue weighted by Gasteiger charge is -2.25. The third kappa shape index (κ3) is 4.99. The Labute approximate surface area is 163 Å². The second-order valence-corrected chi connectivity index (χ2v) is 7.12. The summed E-state index contributed by atoms with van der Waals surface area (Å²) in [6, 6.07) is 0. The fraction of sp³-hybridized carbons (Fsp3) is 0.474. The van der Waals surface area contributed by atoms with Crippen molar-refractivity contribution in [1.82, 2.24) is 19.3 Å². The lowest BCUT2D eigenvalue weighted by molar-refractivity contribution is -0.114. The van der Waals surface area contributed by atoms with Crippen LogP contribution in [0.3, 0.4) is 0 Å². The molecule has 0 aliphatic heterocycles. The standard InChI is InChI=1S/C19H28N6O3/c1-5-6-9-24-17(20)16(18(27)22-19(24)28)25(11-13(2)3)15(26)8-7-14-10-21-23(4)12-14/h7-8,10,12-13H,5-6,9,11,20H2,1-4H3,(H,22,27,28)/b8-7+. The first-order chi connectivity index (χ1) is 13.2. The molecule has 0 spiro atoms. The fourth-order valence-electron chi connectivity index (χ4n) is 2.82. The molecule has 0 saturated heterocycles. The summed E-state index contributed by atoms with van der Waals surface area (Å²) in [6.07, 6.45) is 7.99. The van der Waals surface area contributed by atoms with E-state index in [0.29, 0.717) is 6.54 Å². The van der Waals surface area contributed by atoms with Crippen LogP contribution in [-0.2, 0) is 18.4 Å². The average Bonchev–Trinajstić information content (AvgIpc) is 3.03. The van der Waals surface area contributed by atoms with Gasteiger partial charge in [0.05, 0.1) is 6.20 Å². The number of aromatic amines is 1. The Morgan fingerprint density at radius 1 is 1.39 bits per heavy atom. The number of unbranched alkanes of at least 4 members (excludes halogenated alkanes) is 1. The van der Waals surface area contributed by atoms with Gasteiger partial charge in [0, 0.05) is 38.0 Å². The molecule has 2 aromatic rings. The number of hydrogen-bond acceptors (Lipinski definition) is 5. The molecule has 0 unspecified atom stereocenters. The van der Waals surface area contributed by atoms with E-state index in [4.69, 9.17) is 5.73 Å². The summed E-state index contributed by atoms with van der Waals surface area (Å²) in [5, 5.41) is 4.05. The first-order valence-corrected chi connectivity index (χ1v) is 9.35. The van der Waals surface area contributed by atoms with Gasteiger partial charge in [0.1, 0.15) is 5.82 Å². The van der Waals surface area contributed by atoms with Crippen molar-refractivity contribution in [3.63, 3.8) is 0 Å². The minimum Gasteiger partial charge on any atom is -0.383 e. The Bertz CT molecular complexity index is 967. The average molecular weight is 388 g/mol. The minimum absolute atomic E-state index is 0.00485. The molecule has 9 nitrogen and oxygen atoms in total. The number of carbonyl (C=O) groups excluding carboxylic acids is 1. The number of nitrogens with zero attached hydrogens (tertiary/aromatic N) is 4. The summed E-state index contributed by atoms with van der Waals surface area (Å²) in [5.74, 6) is -0.299. The van der Waals surface area contributed by atoms with Crippen LogP contribution in [0.2, 0.25) is 0 Å². The molecule has 0 fully saturated rings. The Morgan fingerprint density at radius 2 is 2.11 bits per heavy atom. The highest BCUT2D eigenvalue weighted by molar-refractivity contribution is 6.05. The number of nitrogens with two attached hydrogens (primary N) is 1. The molecule has 0 aliphatic rings. The number of hydrogen-bond donors (Lipinski definition) is 2. The van der Waals surface area contributed by atoms with Crippen LogP contribution >= 0.6 is 0 Å². The second kappa shape index (κ2) is 9.20. The predicted octanol–water partition coefficient (Wildman–Crippen LogP) is 1.35. The quantitative estimate of drug-likeness (QED) is 0.662. The molecule has 9 heteroatoms. The first-order valence-electron chi connectivity index (χ1n) is 9.35. The van der Waals surface area contributed by atoms with Gasteiger partial charge in [-0.2, -0.15) is 5.10 Å². The van der Waals surface area contributed by atoms with Crippen molar-refractivity contribution in [3.05, 3.63) is 44.9 Å². The number of carbonyl (C=O) groups is 1.